The summed E-state index contributed by atoms with van der Waals surface area (Å²) in [5.41, 5.74) is 5.00. The van der Waals surface area contributed by atoms with Crippen molar-refractivity contribution in [3.63, 3.8) is 0 Å². The van der Waals surface area contributed by atoms with Gasteiger partial charge in [-0.1, -0.05) is 60.2 Å². The smallest absolute Gasteiger partial charge is 0.258 e. The van der Waals surface area contributed by atoms with Gasteiger partial charge < -0.3 is 10.2 Å². The van der Waals surface area contributed by atoms with Crippen molar-refractivity contribution in [1.29, 1.82) is 0 Å². The highest BCUT2D eigenvalue weighted by Gasteiger charge is 2.16. The lowest BCUT2D eigenvalue weighted by molar-refractivity contribution is 0.101. The normalized spacial score (nSPS) is 10.7. The molecule has 4 aromatic carbocycles. The molecule has 5 aromatic rings. The standard InChI is InChI=1S/C32H29N5O2/c1-3-37(26-17-14-22(2)15-18-26)21-23-16-19-28-27(20-23)29(34-30(38)24-10-6-4-7-11-24)35-32(33-28)36-31(39)25-12-8-5-9-13-25/h4-20H,3,21H2,1-2H3,(H2,33,34,35,36,38,39). The van der Waals surface area contributed by atoms with Crippen molar-refractivity contribution in [2.75, 3.05) is 22.1 Å². The Hall–Kier alpha value is -5.04. The summed E-state index contributed by atoms with van der Waals surface area (Å²) in [6.45, 7) is 5.70. The third kappa shape index (κ3) is 6.10. The number of amides is 2. The van der Waals surface area contributed by atoms with E-state index in [1.165, 1.54) is 5.56 Å². The van der Waals surface area contributed by atoms with E-state index in [0.29, 0.717) is 34.4 Å². The Morgan fingerprint density at radius 2 is 1.36 bits per heavy atom. The molecule has 5 rings (SSSR count). The molecule has 7 heteroatoms. The lowest BCUT2D eigenvalue weighted by Crippen LogP contribution is -2.22. The molecule has 0 unspecified atom stereocenters. The van der Waals surface area contributed by atoms with Crippen LogP contribution in [-0.2, 0) is 6.54 Å². The summed E-state index contributed by atoms with van der Waals surface area (Å²) in [5.74, 6) is -0.181. The second-order valence-corrected chi connectivity index (χ2v) is 9.24. The van der Waals surface area contributed by atoms with Crippen molar-refractivity contribution in [3.05, 3.63) is 125 Å². The van der Waals surface area contributed by atoms with Crippen LogP contribution < -0.4 is 15.5 Å². The Balaban J connectivity index is 1.50. The number of hydrogen-bond donors (Lipinski definition) is 2. The van der Waals surface area contributed by atoms with Gasteiger partial charge in [-0.3, -0.25) is 14.9 Å². The summed E-state index contributed by atoms with van der Waals surface area (Å²) in [7, 11) is 0. The molecule has 0 aliphatic heterocycles. The first-order valence-corrected chi connectivity index (χ1v) is 12.9. The average molecular weight is 516 g/mol. The summed E-state index contributed by atoms with van der Waals surface area (Å²) in [6, 6.07) is 32.2. The maximum atomic E-state index is 13.1. The minimum atomic E-state index is -0.330. The topological polar surface area (TPSA) is 87.2 Å². The lowest BCUT2D eigenvalue weighted by Gasteiger charge is -2.23. The summed E-state index contributed by atoms with van der Waals surface area (Å²) < 4.78 is 0. The summed E-state index contributed by atoms with van der Waals surface area (Å²) in [5, 5.41) is 6.39. The van der Waals surface area contributed by atoms with Gasteiger partial charge in [-0.15, -0.1) is 0 Å². The summed E-state index contributed by atoms with van der Waals surface area (Å²) in [4.78, 5) is 37.3. The molecule has 2 amide bonds. The van der Waals surface area contributed by atoms with Crippen molar-refractivity contribution < 1.29 is 9.59 Å². The second-order valence-electron chi connectivity index (χ2n) is 9.24. The number of nitrogens with zero attached hydrogens (tertiary/aromatic N) is 3. The van der Waals surface area contributed by atoms with E-state index in [4.69, 9.17) is 0 Å². The first kappa shape index (κ1) is 25.6. The van der Waals surface area contributed by atoms with Crippen LogP contribution in [0.4, 0.5) is 17.5 Å². The maximum absolute atomic E-state index is 13.1. The van der Waals surface area contributed by atoms with Crippen LogP contribution in [0.2, 0.25) is 0 Å². The fourth-order valence-corrected chi connectivity index (χ4v) is 4.32. The highest BCUT2D eigenvalue weighted by Crippen LogP contribution is 2.26. The van der Waals surface area contributed by atoms with Gasteiger partial charge in [0.15, 0.2) is 0 Å². The van der Waals surface area contributed by atoms with Crippen molar-refractivity contribution in [2.45, 2.75) is 20.4 Å². The Kier molecular flexibility index (Phi) is 7.59. The first-order chi connectivity index (χ1) is 19.0. The molecular formula is C32H29N5O2. The van der Waals surface area contributed by atoms with E-state index < -0.39 is 0 Å². The molecule has 0 saturated carbocycles. The van der Waals surface area contributed by atoms with E-state index in [9.17, 15) is 9.59 Å². The number of anilines is 3. The average Bonchev–Trinajstić information content (AvgIpc) is 2.97. The van der Waals surface area contributed by atoms with Gasteiger partial charge in [0.2, 0.25) is 5.95 Å². The van der Waals surface area contributed by atoms with Crippen LogP contribution in [0, 0.1) is 6.92 Å². The van der Waals surface area contributed by atoms with E-state index in [-0.39, 0.29) is 17.8 Å². The minimum absolute atomic E-state index is 0.113. The summed E-state index contributed by atoms with van der Waals surface area (Å²) >= 11 is 0. The van der Waals surface area contributed by atoms with Crippen LogP contribution in [0.25, 0.3) is 10.9 Å². The van der Waals surface area contributed by atoms with E-state index in [1.807, 2.05) is 30.3 Å². The number of carbonyl (C=O) groups is 2. The molecule has 1 heterocycles. The van der Waals surface area contributed by atoms with E-state index >= 15 is 0 Å². The van der Waals surface area contributed by atoms with Crippen LogP contribution in [0.3, 0.4) is 0 Å². The molecule has 0 atom stereocenters. The zero-order valence-electron chi connectivity index (χ0n) is 21.9. The highest BCUT2D eigenvalue weighted by molar-refractivity contribution is 6.09. The fourth-order valence-electron chi connectivity index (χ4n) is 4.32. The van der Waals surface area contributed by atoms with Gasteiger partial charge in [0, 0.05) is 35.3 Å². The van der Waals surface area contributed by atoms with Crippen LogP contribution >= 0.6 is 0 Å². The molecule has 0 aliphatic rings. The molecule has 0 radical (unpaired) electrons. The molecule has 1 aromatic heterocycles. The van der Waals surface area contributed by atoms with Gasteiger partial charge in [-0.2, -0.15) is 4.98 Å². The largest absolute Gasteiger partial charge is 0.367 e. The highest BCUT2D eigenvalue weighted by atomic mass is 16.2. The van der Waals surface area contributed by atoms with Gasteiger partial charge in [0.25, 0.3) is 11.8 Å². The number of rotatable bonds is 8. The number of carbonyl (C=O) groups excluding carboxylic acids is 2. The summed E-state index contributed by atoms with van der Waals surface area (Å²) in [6.07, 6.45) is 0. The third-order valence-electron chi connectivity index (χ3n) is 6.44. The Morgan fingerprint density at radius 1 is 0.744 bits per heavy atom. The molecular weight excluding hydrogens is 486 g/mol. The van der Waals surface area contributed by atoms with Gasteiger partial charge in [0.1, 0.15) is 5.82 Å². The maximum Gasteiger partial charge on any atom is 0.258 e. The molecule has 0 fully saturated rings. The van der Waals surface area contributed by atoms with Gasteiger partial charge >= 0.3 is 0 Å². The fraction of sp³-hybridized carbons (Fsp3) is 0.125. The predicted molar refractivity (Wildman–Crippen MR) is 156 cm³/mol. The van der Waals surface area contributed by atoms with E-state index in [0.717, 1.165) is 17.8 Å². The molecule has 7 nitrogen and oxygen atoms in total. The van der Waals surface area contributed by atoms with E-state index in [2.05, 4.69) is 63.6 Å². The van der Waals surface area contributed by atoms with E-state index in [1.54, 1.807) is 48.5 Å². The van der Waals surface area contributed by atoms with Crippen molar-refractivity contribution in [3.8, 4) is 0 Å². The molecule has 2 N–H and O–H groups in total. The molecule has 0 spiro atoms. The Morgan fingerprint density at radius 3 is 1.97 bits per heavy atom. The Bertz CT molecular complexity index is 1600. The van der Waals surface area contributed by atoms with Crippen molar-refractivity contribution >= 4 is 40.2 Å². The third-order valence-corrected chi connectivity index (χ3v) is 6.44. The number of benzene rings is 4. The number of fused-ring (bicyclic) bond motifs is 1. The predicted octanol–water partition coefficient (Wildman–Crippen LogP) is 6.47. The molecule has 194 valence electrons. The first-order valence-electron chi connectivity index (χ1n) is 12.9. The molecule has 39 heavy (non-hydrogen) atoms. The molecule has 0 saturated heterocycles. The van der Waals surface area contributed by atoms with Gasteiger partial charge in [-0.05, 0) is 67.9 Å². The van der Waals surface area contributed by atoms with Crippen LogP contribution in [0.15, 0.2) is 103 Å². The van der Waals surface area contributed by atoms with Crippen molar-refractivity contribution in [2.24, 2.45) is 0 Å². The van der Waals surface area contributed by atoms with Gasteiger partial charge in [0.05, 0.1) is 5.52 Å². The lowest BCUT2D eigenvalue weighted by atomic mass is 10.1. The van der Waals surface area contributed by atoms with Crippen LogP contribution in [-0.4, -0.2) is 28.3 Å². The number of aryl methyl sites for hydroxylation is 1. The van der Waals surface area contributed by atoms with Crippen molar-refractivity contribution in [1.82, 2.24) is 9.97 Å². The second kappa shape index (κ2) is 11.6. The quantitative estimate of drug-likeness (QED) is 0.247. The number of aromatic nitrogens is 2. The number of hydrogen-bond acceptors (Lipinski definition) is 5. The van der Waals surface area contributed by atoms with Crippen LogP contribution in [0.1, 0.15) is 38.8 Å². The van der Waals surface area contributed by atoms with Crippen LogP contribution in [0.5, 0.6) is 0 Å². The number of nitrogens with one attached hydrogen (secondary N) is 2. The zero-order chi connectivity index (χ0) is 27.2. The molecule has 0 aliphatic carbocycles. The Labute approximate surface area is 227 Å². The SMILES string of the molecule is CCN(Cc1ccc2nc(NC(=O)c3ccccc3)nc(NC(=O)c3ccccc3)c2c1)c1ccc(C)cc1. The van der Waals surface area contributed by atoms with Gasteiger partial charge in [-0.25, -0.2) is 4.98 Å². The molecule has 0 bridgehead atoms. The zero-order valence-corrected chi connectivity index (χ0v) is 21.9. The monoisotopic (exact) mass is 515 g/mol. The minimum Gasteiger partial charge on any atom is -0.367 e.